The summed E-state index contributed by atoms with van der Waals surface area (Å²) in [5.74, 6) is 0.971. The Morgan fingerprint density at radius 1 is 1.32 bits per heavy atom. The van der Waals surface area contributed by atoms with Crippen LogP contribution in [0.2, 0.25) is 0 Å². The van der Waals surface area contributed by atoms with Crippen molar-refractivity contribution in [1.29, 1.82) is 0 Å². The summed E-state index contributed by atoms with van der Waals surface area (Å²) in [5.41, 5.74) is 0. The maximum Gasteiger partial charge on any atom is 0.0945 e. The van der Waals surface area contributed by atoms with Gasteiger partial charge >= 0.3 is 0 Å². The van der Waals surface area contributed by atoms with Crippen LogP contribution in [0.25, 0.3) is 0 Å². The second-order valence-electron chi connectivity index (χ2n) is 6.07. The number of hydrogen-bond donors (Lipinski definition) is 1. The Bertz CT molecular complexity index is 372. The van der Waals surface area contributed by atoms with E-state index in [1.165, 1.54) is 45.3 Å². The Hall–Kier alpha value is -0.870. The van der Waals surface area contributed by atoms with Gasteiger partial charge in [0.25, 0.3) is 0 Å². The zero-order chi connectivity index (χ0) is 13.1. The Balaban J connectivity index is 1.50. The van der Waals surface area contributed by atoms with Crippen LogP contribution < -0.4 is 5.32 Å². The third-order valence-corrected chi connectivity index (χ3v) is 4.62. The van der Waals surface area contributed by atoms with Crippen LogP contribution in [0.5, 0.6) is 0 Å². The minimum Gasteiger partial charge on any atom is -0.337 e. The standard InChI is InChI=1S/C15H26N4/c1-2-14-11-19(15(10-17-14)13-4-5-13)8-3-7-18-9-6-16-12-18/h6,9,12-15,17H,2-5,7-8,10-11H2,1H3. The van der Waals surface area contributed by atoms with Crippen LogP contribution in [-0.4, -0.2) is 46.2 Å². The van der Waals surface area contributed by atoms with E-state index < -0.39 is 0 Å². The van der Waals surface area contributed by atoms with E-state index in [-0.39, 0.29) is 0 Å². The Labute approximate surface area is 116 Å². The quantitative estimate of drug-likeness (QED) is 0.847. The summed E-state index contributed by atoms with van der Waals surface area (Å²) in [6, 6.07) is 1.49. The number of nitrogens with zero attached hydrogens (tertiary/aromatic N) is 3. The highest BCUT2D eigenvalue weighted by atomic mass is 15.2. The first kappa shape index (κ1) is 13.1. The number of aromatic nitrogens is 2. The fourth-order valence-corrected chi connectivity index (χ4v) is 3.25. The lowest BCUT2D eigenvalue weighted by Gasteiger charge is -2.40. The van der Waals surface area contributed by atoms with Gasteiger partial charge in [0, 0.05) is 50.7 Å². The maximum atomic E-state index is 4.11. The predicted molar refractivity (Wildman–Crippen MR) is 77.0 cm³/mol. The summed E-state index contributed by atoms with van der Waals surface area (Å²) in [4.78, 5) is 6.85. The van der Waals surface area contributed by atoms with Gasteiger partial charge in [-0.25, -0.2) is 4.98 Å². The molecule has 1 saturated heterocycles. The van der Waals surface area contributed by atoms with Crippen molar-refractivity contribution < 1.29 is 0 Å². The predicted octanol–water partition coefficient (Wildman–Crippen LogP) is 1.74. The molecule has 2 aliphatic rings. The summed E-state index contributed by atoms with van der Waals surface area (Å²) in [6.45, 7) is 7.06. The van der Waals surface area contributed by atoms with Crippen LogP contribution in [0.1, 0.15) is 32.6 Å². The summed E-state index contributed by atoms with van der Waals surface area (Å²) in [6.07, 6.45) is 11.2. The van der Waals surface area contributed by atoms with Gasteiger partial charge in [-0.2, -0.15) is 0 Å². The zero-order valence-electron chi connectivity index (χ0n) is 12.0. The molecule has 1 aromatic heterocycles. The van der Waals surface area contributed by atoms with Crippen LogP contribution in [0, 0.1) is 5.92 Å². The van der Waals surface area contributed by atoms with Crippen molar-refractivity contribution in [2.45, 2.75) is 51.2 Å². The molecule has 2 fully saturated rings. The van der Waals surface area contributed by atoms with Crippen molar-refractivity contribution in [2.24, 2.45) is 5.92 Å². The minimum absolute atomic E-state index is 0.697. The lowest BCUT2D eigenvalue weighted by Crippen LogP contribution is -2.57. The maximum absolute atomic E-state index is 4.11. The van der Waals surface area contributed by atoms with Gasteiger partial charge < -0.3 is 9.88 Å². The highest BCUT2D eigenvalue weighted by molar-refractivity contribution is 4.94. The fraction of sp³-hybridized carbons (Fsp3) is 0.800. The van der Waals surface area contributed by atoms with Gasteiger partial charge in [0.2, 0.25) is 0 Å². The zero-order valence-corrected chi connectivity index (χ0v) is 12.0. The molecule has 0 bridgehead atoms. The molecule has 1 aliphatic carbocycles. The van der Waals surface area contributed by atoms with Crippen molar-refractivity contribution in [2.75, 3.05) is 19.6 Å². The van der Waals surface area contributed by atoms with E-state index in [4.69, 9.17) is 0 Å². The molecule has 2 heterocycles. The molecule has 0 amide bonds. The molecule has 0 aromatic carbocycles. The van der Waals surface area contributed by atoms with Crippen molar-refractivity contribution in [3.8, 4) is 0 Å². The third-order valence-electron chi connectivity index (χ3n) is 4.62. The number of piperazine rings is 1. The lowest BCUT2D eigenvalue weighted by atomic mass is 10.0. The SMILES string of the molecule is CCC1CN(CCCn2ccnc2)C(C2CC2)CN1. The number of hydrogen-bond acceptors (Lipinski definition) is 3. The summed E-state index contributed by atoms with van der Waals surface area (Å²) >= 11 is 0. The molecule has 4 heteroatoms. The Kier molecular flexibility index (Phi) is 4.18. The molecule has 106 valence electrons. The van der Waals surface area contributed by atoms with Gasteiger partial charge in [-0.1, -0.05) is 6.92 Å². The summed E-state index contributed by atoms with van der Waals surface area (Å²) in [7, 11) is 0. The number of imidazole rings is 1. The topological polar surface area (TPSA) is 33.1 Å². The lowest BCUT2D eigenvalue weighted by molar-refractivity contribution is 0.110. The summed E-state index contributed by atoms with van der Waals surface area (Å²) in [5, 5.41) is 3.72. The molecule has 4 nitrogen and oxygen atoms in total. The van der Waals surface area contributed by atoms with Gasteiger partial charge in [0.15, 0.2) is 0 Å². The van der Waals surface area contributed by atoms with E-state index in [1.807, 2.05) is 12.5 Å². The second-order valence-corrected chi connectivity index (χ2v) is 6.07. The van der Waals surface area contributed by atoms with E-state index in [9.17, 15) is 0 Å². The second kappa shape index (κ2) is 6.06. The molecular weight excluding hydrogens is 236 g/mol. The smallest absolute Gasteiger partial charge is 0.0945 e. The van der Waals surface area contributed by atoms with Crippen molar-refractivity contribution in [3.05, 3.63) is 18.7 Å². The van der Waals surface area contributed by atoms with Crippen molar-refractivity contribution in [1.82, 2.24) is 19.8 Å². The number of aryl methyl sites for hydroxylation is 1. The monoisotopic (exact) mass is 262 g/mol. The van der Waals surface area contributed by atoms with E-state index in [1.54, 1.807) is 0 Å². The van der Waals surface area contributed by atoms with E-state index in [0.717, 1.165) is 18.5 Å². The molecule has 3 rings (SSSR count). The largest absolute Gasteiger partial charge is 0.337 e. The van der Waals surface area contributed by atoms with Gasteiger partial charge in [-0.05, 0) is 31.6 Å². The molecular formula is C15H26N4. The highest BCUT2D eigenvalue weighted by Gasteiger charge is 2.37. The van der Waals surface area contributed by atoms with Crippen LogP contribution in [0.3, 0.4) is 0 Å². The molecule has 0 spiro atoms. The van der Waals surface area contributed by atoms with Crippen molar-refractivity contribution >= 4 is 0 Å². The van der Waals surface area contributed by atoms with Crippen molar-refractivity contribution in [3.63, 3.8) is 0 Å². The third kappa shape index (κ3) is 3.37. The molecule has 1 aliphatic heterocycles. The average Bonchev–Trinajstić information content (AvgIpc) is 3.16. The van der Waals surface area contributed by atoms with E-state index in [0.29, 0.717) is 6.04 Å². The highest BCUT2D eigenvalue weighted by Crippen LogP contribution is 2.36. The molecule has 2 unspecified atom stereocenters. The summed E-state index contributed by atoms with van der Waals surface area (Å²) < 4.78 is 2.19. The Morgan fingerprint density at radius 2 is 2.21 bits per heavy atom. The van der Waals surface area contributed by atoms with Crippen LogP contribution in [0.15, 0.2) is 18.7 Å². The fourth-order valence-electron chi connectivity index (χ4n) is 3.25. The minimum atomic E-state index is 0.697. The molecule has 1 aromatic rings. The first-order valence-corrected chi connectivity index (χ1v) is 7.80. The molecule has 19 heavy (non-hydrogen) atoms. The average molecular weight is 262 g/mol. The Morgan fingerprint density at radius 3 is 2.89 bits per heavy atom. The van der Waals surface area contributed by atoms with Crippen LogP contribution in [0.4, 0.5) is 0 Å². The number of rotatable bonds is 6. The van der Waals surface area contributed by atoms with Gasteiger partial charge in [0.05, 0.1) is 6.33 Å². The first-order valence-electron chi connectivity index (χ1n) is 7.80. The number of nitrogens with one attached hydrogen (secondary N) is 1. The molecule has 1 saturated carbocycles. The first-order chi connectivity index (χ1) is 9.36. The van der Waals surface area contributed by atoms with Gasteiger partial charge in [-0.15, -0.1) is 0 Å². The molecule has 1 N–H and O–H groups in total. The van der Waals surface area contributed by atoms with E-state index in [2.05, 4.69) is 32.9 Å². The van der Waals surface area contributed by atoms with Gasteiger partial charge in [0.1, 0.15) is 0 Å². The van der Waals surface area contributed by atoms with Crippen LogP contribution in [-0.2, 0) is 6.54 Å². The van der Waals surface area contributed by atoms with E-state index >= 15 is 0 Å². The molecule has 2 atom stereocenters. The molecule has 0 radical (unpaired) electrons. The van der Waals surface area contributed by atoms with Crippen LogP contribution >= 0.6 is 0 Å². The normalized spacial score (nSPS) is 28.7. The van der Waals surface area contributed by atoms with Gasteiger partial charge in [-0.3, -0.25) is 4.90 Å².